The van der Waals surface area contributed by atoms with Crippen LogP contribution in [0.2, 0.25) is 0 Å². The van der Waals surface area contributed by atoms with E-state index in [-0.39, 0.29) is 5.91 Å². The van der Waals surface area contributed by atoms with Gasteiger partial charge in [0.15, 0.2) is 0 Å². The van der Waals surface area contributed by atoms with Gasteiger partial charge in [-0.15, -0.1) is 11.3 Å². The number of fused-ring (bicyclic) bond motifs is 1. The van der Waals surface area contributed by atoms with E-state index < -0.39 is 0 Å². The van der Waals surface area contributed by atoms with E-state index in [2.05, 4.69) is 35.4 Å². The summed E-state index contributed by atoms with van der Waals surface area (Å²) in [5, 5.41) is 3.36. The molecule has 3 heterocycles. The van der Waals surface area contributed by atoms with Crippen molar-refractivity contribution in [2.45, 2.75) is 25.2 Å². The van der Waals surface area contributed by atoms with Gasteiger partial charge in [-0.3, -0.25) is 4.79 Å². The van der Waals surface area contributed by atoms with Gasteiger partial charge in [-0.05, 0) is 41.8 Å². The number of hydrogen-bond acceptors (Lipinski definition) is 2. The van der Waals surface area contributed by atoms with Crippen LogP contribution in [0.5, 0.6) is 0 Å². The predicted molar refractivity (Wildman–Crippen MR) is 94.9 cm³/mol. The number of para-hydroxylation sites is 1. The van der Waals surface area contributed by atoms with Crippen molar-refractivity contribution in [1.29, 1.82) is 0 Å². The molecule has 3 aromatic rings. The van der Waals surface area contributed by atoms with Gasteiger partial charge >= 0.3 is 0 Å². The number of thiophene rings is 1. The molecule has 0 unspecified atom stereocenters. The smallest absolute Gasteiger partial charge is 0.227 e. The van der Waals surface area contributed by atoms with Crippen LogP contribution in [0.15, 0.2) is 48.0 Å². The molecule has 1 fully saturated rings. The zero-order valence-electron chi connectivity index (χ0n) is 13.0. The molecular weight excluding hydrogens is 304 g/mol. The fourth-order valence-corrected chi connectivity index (χ4v) is 4.24. The molecule has 118 valence electrons. The van der Waals surface area contributed by atoms with Gasteiger partial charge in [0.1, 0.15) is 0 Å². The minimum absolute atomic E-state index is 0.268. The van der Waals surface area contributed by atoms with Crippen LogP contribution in [0.3, 0.4) is 0 Å². The van der Waals surface area contributed by atoms with Gasteiger partial charge in [-0.1, -0.05) is 24.3 Å². The molecule has 4 heteroatoms. The first-order valence-corrected chi connectivity index (χ1v) is 9.05. The number of rotatable bonds is 3. The number of piperidine rings is 1. The highest BCUT2D eigenvalue weighted by atomic mass is 32.1. The molecule has 4 rings (SSSR count). The van der Waals surface area contributed by atoms with Crippen molar-refractivity contribution >= 4 is 28.1 Å². The lowest BCUT2D eigenvalue weighted by molar-refractivity contribution is -0.131. The van der Waals surface area contributed by atoms with E-state index in [1.807, 2.05) is 22.4 Å². The second-order valence-electron chi connectivity index (χ2n) is 6.20. The maximum atomic E-state index is 12.4. The Morgan fingerprint density at radius 3 is 2.78 bits per heavy atom. The van der Waals surface area contributed by atoms with E-state index in [0.29, 0.717) is 12.3 Å². The molecule has 0 bridgehead atoms. The van der Waals surface area contributed by atoms with Crippen LogP contribution in [0.1, 0.15) is 29.2 Å². The fourth-order valence-electron chi connectivity index (χ4n) is 3.55. The molecule has 0 atom stereocenters. The van der Waals surface area contributed by atoms with E-state index in [0.717, 1.165) is 30.8 Å². The number of amides is 1. The van der Waals surface area contributed by atoms with Crippen LogP contribution < -0.4 is 0 Å². The topological polar surface area (TPSA) is 36.1 Å². The number of H-pyrrole nitrogens is 1. The second-order valence-corrected chi connectivity index (χ2v) is 7.23. The van der Waals surface area contributed by atoms with Gasteiger partial charge in [0, 0.05) is 35.1 Å². The second kappa shape index (κ2) is 6.20. The number of carbonyl (C=O) groups excluding carboxylic acids is 1. The summed E-state index contributed by atoms with van der Waals surface area (Å²) >= 11 is 1.66. The minimum atomic E-state index is 0.268. The molecular formula is C19H20N2OS. The number of aromatic nitrogens is 1. The Bertz CT molecular complexity index is 798. The molecule has 1 aliphatic rings. The van der Waals surface area contributed by atoms with Gasteiger partial charge < -0.3 is 9.88 Å². The van der Waals surface area contributed by atoms with Gasteiger partial charge in [-0.25, -0.2) is 0 Å². The molecule has 1 N–H and O–H groups in total. The van der Waals surface area contributed by atoms with Crippen molar-refractivity contribution < 1.29 is 4.79 Å². The van der Waals surface area contributed by atoms with E-state index >= 15 is 0 Å². The van der Waals surface area contributed by atoms with Crippen molar-refractivity contribution in [3.63, 3.8) is 0 Å². The van der Waals surface area contributed by atoms with Crippen LogP contribution >= 0.6 is 11.3 Å². The van der Waals surface area contributed by atoms with Crippen molar-refractivity contribution in [3.05, 3.63) is 58.4 Å². The third-order valence-corrected chi connectivity index (χ3v) is 5.69. The number of benzene rings is 1. The Morgan fingerprint density at radius 1 is 1.17 bits per heavy atom. The number of nitrogens with zero attached hydrogens (tertiary/aromatic N) is 1. The highest BCUT2D eigenvalue weighted by molar-refractivity contribution is 7.10. The maximum absolute atomic E-state index is 12.4. The van der Waals surface area contributed by atoms with Crippen molar-refractivity contribution in [1.82, 2.24) is 9.88 Å². The van der Waals surface area contributed by atoms with Crippen LogP contribution in [0.25, 0.3) is 10.9 Å². The van der Waals surface area contributed by atoms with Crippen LogP contribution in [-0.2, 0) is 11.2 Å². The highest BCUT2D eigenvalue weighted by Crippen LogP contribution is 2.33. The van der Waals surface area contributed by atoms with Crippen LogP contribution in [0, 0.1) is 0 Å². The number of likely N-dealkylation sites (tertiary alicyclic amines) is 1. The summed E-state index contributed by atoms with van der Waals surface area (Å²) in [4.78, 5) is 19.0. The summed E-state index contributed by atoms with van der Waals surface area (Å²) in [6.45, 7) is 1.74. The molecule has 1 amide bonds. The van der Waals surface area contributed by atoms with Gasteiger partial charge in [-0.2, -0.15) is 0 Å². The summed E-state index contributed by atoms with van der Waals surface area (Å²) in [6.07, 6.45) is 4.81. The first-order valence-electron chi connectivity index (χ1n) is 8.17. The monoisotopic (exact) mass is 324 g/mol. The maximum Gasteiger partial charge on any atom is 0.227 e. The quantitative estimate of drug-likeness (QED) is 0.771. The molecule has 23 heavy (non-hydrogen) atoms. The van der Waals surface area contributed by atoms with Gasteiger partial charge in [0.25, 0.3) is 0 Å². The first-order chi connectivity index (χ1) is 11.3. The predicted octanol–water partition coefficient (Wildman–Crippen LogP) is 4.18. The zero-order valence-corrected chi connectivity index (χ0v) is 13.8. The van der Waals surface area contributed by atoms with Crippen molar-refractivity contribution in [2.24, 2.45) is 0 Å². The third-order valence-electron chi connectivity index (χ3n) is 4.81. The zero-order chi connectivity index (χ0) is 15.6. The lowest BCUT2D eigenvalue weighted by atomic mass is 9.89. The Morgan fingerprint density at radius 2 is 2.00 bits per heavy atom. The molecule has 3 nitrogen and oxygen atoms in total. The molecule has 1 saturated heterocycles. The summed E-state index contributed by atoms with van der Waals surface area (Å²) < 4.78 is 0. The molecule has 0 saturated carbocycles. The first kappa shape index (κ1) is 14.5. The summed E-state index contributed by atoms with van der Waals surface area (Å²) in [7, 11) is 0. The van der Waals surface area contributed by atoms with E-state index in [1.165, 1.54) is 16.5 Å². The molecule has 2 aromatic heterocycles. The Labute approximate surface area is 139 Å². The van der Waals surface area contributed by atoms with Gasteiger partial charge in [0.2, 0.25) is 5.91 Å². The number of hydrogen-bond donors (Lipinski definition) is 1. The Kier molecular flexibility index (Phi) is 3.92. The molecule has 1 aliphatic heterocycles. The van der Waals surface area contributed by atoms with Gasteiger partial charge in [0.05, 0.1) is 6.42 Å². The summed E-state index contributed by atoms with van der Waals surface area (Å²) in [6, 6.07) is 12.5. The van der Waals surface area contributed by atoms with Crippen molar-refractivity contribution in [3.8, 4) is 0 Å². The van der Waals surface area contributed by atoms with E-state index in [4.69, 9.17) is 0 Å². The Hall–Kier alpha value is -2.07. The molecule has 1 aromatic carbocycles. The average Bonchev–Trinajstić information content (AvgIpc) is 3.24. The molecule has 0 spiro atoms. The number of carbonyl (C=O) groups is 1. The largest absolute Gasteiger partial charge is 0.361 e. The SMILES string of the molecule is O=C(Cc1cccs1)N1CCC(c2c[nH]c3ccccc23)CC1. The molecule has 0 aliphatic carbocycles. The van der Waals surface area contributed by atoms with Crippen LogP contribution in [0.4, 0.5) is 0 Å². The summed E-state index contributed by atoms with van der Waals surface area (Å²) in [5.74, 6) is 0.821. The fraction of sp³-hybridized carbons (Fsp3) is 0.316. The third kappa shape index (κ3) is 2.91. The van der Waals surface area contributed by atoms with Crippen LogP contribution in [-0.4, -0.2) is 28.9 Å². The Balaban J connectivity index is 1.42. The van der Waals surface area contributed by atoms with E-state index in [9.17, 15) is 4.79 Å². The normalized spacial score (nSPS) is 16.1. The lowest BCUT2D eigenvalue weighted by Gasteiger charge is -2.32. The standard InChI is InChI=1S/C19H20N2OS/c22-19(12-15-4-3-11-23-15)21-9-7-14(8-10-21)17-13-20-18-6-2-1-5-16(17)18/h1-6,11,13-14,20H,7-10,12H2. The van der Waals surface area contributed by atoms with E-state index in [1.54, 1.807) is 11.3 Å². The number of aromatic amines is 1. The summed E-state index contributed by atoms with van der Waals surface area (Å²) in [5.41, 5.74) is 2.62. The highest BCUT2D eigenvalue weighted by Gasteiger charge is 2.25. The van der Waals surface area contributed by atoms with Crippen molar-refractivity contribution in [2.75, 3.05) is 13.1 Å². The lowest BCUT2D eigenvalue weighted by Crippen LogP contribution is -2.38. The number of nitrogens with one attached hydrogen (secondary N) is 1. The minimum Gasteiger partial charge on any atom is -0.361 e. The average molecular weight is 324 g/mol. The molecule has 0 radical (unpaired) electrons.